The van der Waals surface area contributed by atoms with Crippen LogP contribution in [0.4, 0.5) is 11.4 Å². The molecule has 0 saturated carbocycles. The molecule has 31 heavy (non-hydrogen) atoms. The van der Waals surface area contributed by atoms with Crippen LogP contribution in [0.25, 0.3) is 0 Å². The van der Waals surface area contributed by atoms with Crippen molar-refractivity contribution in [2.24, 2.45) is 0 Å². The quantitative estimate of drug-likeness (QED) is 0.743. The summed E-state index contributed by atoms with van der Waals surface area (Å²) in [7, 11) is -1.50. The molecule has 2 aliphatic heterocycles. The number of sulfonamides is 1. The van der Waals surface area contributed by atoms with Gasteiger partial charge in [0.2, 0.25) is 15.9 Å². The van der Waals surface area contributed by atoms with Crippen LogP contribution >= 0.6 is 0 Å². The van der Waals surface area contributed by atoms with E-state index in [1.165, 1.54) is 5.69 Å². The highest BCUT2D eigenvalue weighted by molar-refractivity contribution is 7.89. The standard InChI is InChI=1S/C23H30N4O3S/c1-3-23(28)27-11-10-19-16-21(8-9-22(19)27)31(29,30)24-17-18-4-6-20(7-5-18)26-14-12-25(2)13-15-26/h4-9,16,24H,3,10-15,17H2,1-2H3. The highest BCUT2D eigenvalue weighted by Gasteiger charge is 2.25. The van der Waals surface area contributed by atoms with E-state index in [1.807, 2.05) is 19.1 Å². The van der Waals surface area contributed by atoms with Crippen molar-refractivity contribution in [1.82, 2.24) is 9.62 Å². The topological polar surface area (TPSA) is 73.0 Å². The molecular formula is C23H30N4O3S. The first kappa shape index (κ1) is 21.8. The number of rotatable bonds is 6. The molecule has 1 saturated heterocycles. The molecule has 0 radical (unpaired) electrons. The Balaban J connectivity index is 1.40. The van der Waals surface area contributed by atoms with Gasteiger partial charge in [-0.25, -0.2) is 13.1 Å². The first-order chi connectivity index (χ1) is 14.9. The van der Waals surface area contributed by atoms with Crippen molar-refractivity contribution in [1.29, 1.82) is 0 Å². The summed E-state index contributed by atoms with van der Waals surface area (Å²) in [5.74, 6) is 0.0625. The molecule has 2 aliphatic rings. The van der Waals surface area contributed by atoms with Crippen LogP contribution in [0.1, 0.15) is 24.5 Å². The summed E-state index contributed by atoms with van der Waals surface area (Å²) in [6.07, 6.45) is 1.12. The Morgan fingerprint density at radius 1 is 1.00 bits per heavy atom. The van der Waals surface area contributed by atoms with Gasteiger partial charge in [-0.2, -0.15) is 0 Å². The van der Waals surface area contributed by atoms with E-state index in [4.69, 9.17) is 0 Å². The molecule has 0 bridgehead atoms. The van der Waals surface area contributed by atoms with Gasteiger partial charge in [-0.1, -0.05) is 19.1 Å². The van der Waals surface area contributed by atoms with E-state index in [0.29, 0.717) is 19.4 Å². The Labute approximate surface area is 184 Å². The maximum absolute atomic E-state index is 12.8. The zero-order chi connectivity index (χ0) is 22.0. The van der Waals surface area contributed by atoms with Crippen molar-refractivity contribution in [3.05, 3.63) is 53.6 Å². The Hall–Kier alpha value is -2.42. The number of hydrogen-bond acceptors (Lipinski definition) is 5. The SMILES string of the molecule is CCC(=O)N1CCc2cc(S(=O)(=O)NCc3ccc(N4CCN(C)CC4)cc3)ccc21. The number of nitrogens with zero attached hydrogens (tertiary/aromatic N) is 3. The first-order valence-electron chi connectivity index (χ1n) is 10.8. The third kappa shape index (κ3) is 4.76. The molecule has 0 unspecified atom stereocenters. The van der Waals surface area contributed by atoms with Crippen molar-refractivity contribution < 1.29 is 13.2 Å². The number of fused-ring (bicyclic) bond motifs is 1. The molecule has 8 heteroatoms. The van der Waals surface area contributed by atoms with E-state index in [2.05, 4.69) is 33.7 Å². The van der Waals surface area contributed by atoms with Crippen LogP contribution in [0, 0.1) is 0 Å². The number of likely N-dealkylation sites (N-methyl/N-ethyl adjacent to an activating group) is 1. The summed E-state index contributed by atoms with van der Waals surface area (Å²) < 4.78 is 28.3. The number of hydrogen-bond donors (Lipinski definition) is 1. The maximum atomic E-state index is 12.8. The molecule has 2 heterocycles. The van der Waals surface area contributed by atoms with E-state index in [1.54, 1.807) is 23.1 Å². The summed E-state index contributed by atoms with van der Waals surface area (Å²) in [6, 6.07) is 13.1. The van der Waals surface area contributed by atoms with Gasteiger partial charge in [-0.15, -0.1) is 0 Å². The van der Waals surface area contributed by atoms with Gasteiger partial charge < -0.3 is 14.7 Å². The van der Waals surface area contributed by atoms with Gasteiger partial charge in [-0.3, -0.25) is 4.79 Å². The minimum Gasteiger partial charge on any atom is -0.369 e. The molecule has 2 aromatic rings. The molecule has 0 atom stereocenters. The summed E-state index contributed by atoms with van der Waals surface area (Å²) in [6.45, 7) is 6.78. The third-order valence-electron chi connectivity index (χ3n) is 6.13. The molecule has 0 spiro atoms. The highest BCUT2D eigenvalue weighted by atomic mass is 32.2. The fraction of sp³-hybridized carbons (Fsp3) is 0.435. The maximum Gasteiger partial charge on any atom is 0.240 e. The lowest BCUT2D eigenvalue weighted by atomic mass is 10.2. The average Bonchev–Trinajstić information content (AvgIpc) is 3.21. The normalized spacial score (nSPS) is 17.1. The lowest BCUT2D eigenvalue weighted by Gasteiger charge is -2.34. The number of piperazine rings is 1. The Morgan fingerprint density at radius 3 is 2.39 bits per heavy atom. The smallest absolute Gasteiger partial charge is 0.240 e. The summed E-state index contributed by atoms with van der Waals surface area (Å²) in [5.41, 5.74) is 3.82. The number of carbonyl (C=O) groups excluding carboxylic acids is 1. The molecule has 4 rings (SSSR count). The van der Waals surface area contributed by atoms with E-state index in [9.17, 15) is 13.2 Å². The largest absolute Gasteiger partial charge is 0.369 e. The lowest BCUT2D eigenvalue weighted by molar-refractivity contribution is -0.118. The summed E-state index contributed by atoms with van der Waals surface area (Å²) in [4.78, 5) is 18.7. The Morgan fingerprint density at radius 2 is 1.71 bits per heavy atom. The number of carbonyl (C=O) groups is 1. The zero-order valence-electron chi connectivity index (χ0n) is 18.2. The Kier molecular flexibility index (Phi) is 6.31. The minimum atomic E-state index is -3.63. The Bertz CT molecular complexity index is 1040. The second-order valence-electron chi connectivity index (χ2n) is 8.22. The fourth-order valence-corrected chi connectivity index (χ4v) is 5.21. The number of anilines is 2. The van der Waals surface area contributed by atoms with Crippen LogP contribution in [0.15, 0.2) is 47.4 Å². The molecule has 166 valence electrons. The predicted octanol–water partition coefficient (Wildman–Crippen LogP) is 2.22. The molecule has 1 fully saturated rings. The minimum absolute atomic E-state index is 0.0625. The number of amides is 1. The van der Waals surface area contributed by atoms with E-state index in [0.717, 1.165) is 43.0 Å². The van der Waals surface area contributed by atoms with Gasteiger partial charge in [0.15, 0.2) is 0 Å². The van der Waals surface area contributed by atoms with Crippen molar-refractivity contribution in [2.75, 3.05) is 49.6 Å². The van der Waals surface area contributed by atoms with Gasteiger partial charge in [0.25, 0.3) is 0 Å². The van der Waals surface area contributed by atoms with Crippen molar-refractivity contribution in [3.8, 4) is 0 Å². The molecule has 2 aromatic carbocycles. The number of nitrogens with one attached hydrogen (secondary N) is 1. The first-order valence-corrected chi connectivity index (χ1v) is 12.3. The third-order valence-corrected chi connectivity index (χ3v) is 7.53. The van der Waals surface area contributed by atoms with Crippen LogP contribution in [-0.4, -0.2) is 59.0 Å². The summed E-state index contributed by atoms with van der Waals surface area (Å²) in [5, 5.41) is 0. The van der Waals surface area contributed by atoms with E-state index < -0.39 is 10.0 Å². The number of benzene rings is 2. The average molecular weight is 443 g/mol. The van der Waals surface area contributed by atoms with Gasteiger partial charge in [0.1, 0.15) is 0 Å². The van der Waals surface area contributed by atoms with Crippen molar-refractivity contribution >= 4 is 27.3 Å². The second kappa shape index (κ2) is 8.98. The van der Waals surface area contributed by atoms with Crippen LogP contribution in [0.2, 0.25) is 0 Å². The van der Waals surface area contributed by atoms with Gasteiger partial charge in [-0.05, 0) is 54.9 Å². The molecular weight excluding hydrogens is 412 g/mol. The molecule has 1 amide bonds. The lowest BCUT2D eigenvalue weighted by Crippen LogP contribution is -2.44. The van der Waals surface area contributed by atoms with E-state index >= 15 is 0 Å². The van der Waals surface area contributed by atoms with Crippen LogP contribution in [-0.2, 0) is 27.8 Å². The molecule has 0 aliphatic carbocycles. The van der Waals surface area contributed by atoms with Crippen molar-refractivity contribution in [3.63, 3.8) is 0 Å². The molecule has 7 nitrogen and oxygen atoms in total. The van der Waals surface area contributed by atoms with E-state index in [-0.39, 0.29) is 17.3 Å². The predicted molar refractivity (Wildman–Crippen MR) is 123 cm³/mol. The van der Waals surface area contributed by atoms with Gasteiger partial charge in [0, 0.05) is 57.1 Å². The summed E-state index contributed by atoms with van der Waals surface area (Å²) >= 11 is 0. The highest BCUT2D eigenvalue weighted by Crippen LogP contribution is 2.30. The van der Waals surface area contributed by atoms with Gasteiger partial charge >= 0.3 is 0 Å². The second-order valence-corrected chi connectivity index (χ2v) is 9.99. The van der Waals surface area contributed by atoms with Crippen LogP contribution < -0.4 is 14.5 Å². The van der Waals surface area contributed by atoms with Crippen LogP contribution in [0.3, 0.4) is 0 Å². The fourth-order valence-electron chi connectivity index (χ4n) is 4.15. The van der Waals surface area contributed by atoms with Gasteiger partial charge in [0.05, 0.1) is 4.90 Å². The van der Waals surface area contributed by atoms with Crippen molar-refractivity contribution in [2.45, 2.75) is 31.2 Å². The molecule has 1 N–H and O–H groups in total. The monoisotopic (exact) mass is 442 g/mol. The molecule has 0 aromatic heterocycles. The van der Waals surface area contributed by atoms with Crippen LogP contribution in [0.5, 0.6) is 0 Å². The zero-order valence-corrected chi connectivity index (χ0v) is 19.0.